The molecule has 0 radical (unpaired) electrons. The Labute approximate surface area is 163 Å². The second-order valence-electron chi connectivity index (χ2n) is 6.19. The Morgan fingerprint density at radius 3 is 2.64 bits per heavy atom. The van der Waals surface area contributed by atoms with Crippen LogP contribution in [0.2, 0.25) is 0 Å². The lowest BCUT2D eigenvalue weighted by Gasteiger charge is -2.14. The summed E-state index contributed by atoms with van der Waals surface area (Å²) in [5.74, 6) is -0.836. The number of methoxy groups -OCH3 is 1. The summed E-state index contributed by atoms with van der Waals surface area (Å²) in [6.07, 6.45) is 0. The van der Waals surface area contributed by atoms with E-state index >= 15 is 0 Å². The minimum atomic E-state index is -0.578. The molecule has 0 saturated carbocycles. The number of esters is 1. The van der Waals surface area contributed by atoms with Crippen LogP contribution in [-0.2, 0) is 9.53 Å². The summed E-state index contributed by atoms with van der Waals surface area (Å²) >= 11 is 1.11. The average Bonchev–Trinajstić information content (AvgIpc) is 3.08. The zero-order valence-electron chi connectivity index (χ0n) is 15.1. The molecule has 0 aliphatic heterocycles. The Morgan fingerprint density at radius 1 is 1.21 bits per heavy atom. The summed E-state index contributed by atoms with van der Waals surface area (Å²) in [6.45, 7) is 1.68. The van der Waals surface area contributed by atoms with Crippen molar-refractivity contribution < 1.29 is 13.9 Å². The molecule has 1 atom stereocenters. The van der Waals surface area contributed by atoms with Crippen molar-refractivity contribution in [1.82, 2.24) is 14.5 Å². The van der Waals surface area contributed by atoms with Crippen LogP contribution in [0.25, 0.3) is 27.6 Å². The number of benzene rings is 2. The third-order valence-corrected chi connectivity index (χ3v) is 5.43. The number of aromatic amines is 1. The van der Waals surface area contributed by atoms with Crippen molar-refractivity contribution in [2.24, 2.45) is 0 Å². The highest BCUT2D eigenvalue weighted by Crippen LogP contribution is 2.28. The van der Waals surface area contributed by atoms with E-state index in [1.54, 1.807) is 6.92 Å². The molecule has 0 saturated heterocycles. The molecule has 8 heteroatoms. The summed E-state index contributed by atoms with van der Waals surface area (Å²) in [5, 5.41) is 0.562. The van der Waals surface area contributed by atoms with Gasteiger partial charge in [0.25, 0.3) is 5.56 Å². The van der Waals surface area contributed by atoms with Gasteiger partial charge in [0.1, 0.15) is 22.1 Å². The van der Waals surface area contributed by atoms with E-state index in [4.69, 9.17) is 4.74 Å². The zero-order valence-corrected chi connectivity index (χ0v) is 15.9. The topological polar surface area (TPSA) is 77.0 Å². The van der Waals surface area contributed by atoms with Crippen LogP contribution in [0.1, 0.15) is 6.92 Å². The quantitative estimate of drug-likeness (QED) is 0.323. The van der Waals surface area contributed by atoms with Gasteiger partial charge in [0.05, 0.1) is 12.8 Å². The highest BCUT2D eigenvalue weighted by Gasteiger charge is 2.22. The first-order chi connectivity index (χ1) is 13.5. The number of aromatic nitrogens is 3. The molecular weight excluding hydrogens is 381 g/mol. The van der Waals surface area contributed by atoms with Gasteiger partial charge in [-0.1, -0.05) is 30.0 Å². The van der Waals surface area contributed by atoms with Gasteiger partial charge >= 0.3 is 5.97 Å². The zero-order chi connectivity index (χ0) is 19.8. The summed E-state index contributed by atoms with van der Waals surface area (Å²) in [4.78, 5) is 33.0. The molecule has 0 unspecified atom stereocenters. The molecule has 2 aromatic heterocycles. The Hall–Kier alpha value is -3.13. The number of nitrogens with one attached hydrogen (secondary N) is 1. The van der Waals surface area contributed by atoms with Crippen molar-refractivity contribution in [2.75, 3.05) is 7.11 Å². The number of halogens is 1. The fourth-order valence-electron chi connectivity index (χ4n) is 3.01. The van der Waals surface area contributed by atoms with Crippen molar-refractivity contribution in [2.45, 2.75) is 17.3 Å². The molecule has 0 amide bonds. The lowest BCUT2D eigenvalue weighted by atomic mass is 10.2. The molecule has 28 heavy (non-hydrogen) atoms. The number of thioether (sulfide) groups is 1. The molecule has 0 spiro atoms. The van der Waals surface area contributed by atoms with Gasteiger partial charge < -0.3 is 9.72 Å². The van der Waals surface area contributed by atoms with Gasteiger partial charge in [-0.2, -0.15) is 0 Å². The molecule has 6 nitrogen and oxygen atoms in total. The lowest BCUT2D eigenvalue weighted by Crippen LogP contribution is -2.24. The molecule has 4 rings (SSSR count). The number of rotatable bonds is 4. The van der Waals surface area contributed by atoms with Gasteiger partial charge in [-0.15, -0.1) is 0 Å². The maximum absolute atomic E-state index is 13.4. The van der Waals surface area contributed by atoms with Crippen LogP contribution in [0.3, 0.4) is 0 Å². The van der Waals surface area contributed by atoms with Crippen molar-refractivity contribution in [1.29, 1.82) is 0 Å². The molecule has 4 aromatic rings. The van der Waals surface area contributed by atoms with Gasteiger partial charge in [0.15, 0.2) is 5.16 Å². The van der Waals surface area contributed by atoms with Gasteiger partial charge in [-0.05, 0) is 37.3 Å². The second-order valence-corrected chi connectivity index (χ2v) is 7.50. The predicted octanol–water partition coefficient (Wildman–Crippen LogP) is 3.66. The monoisotopic (exact) mass is 397 g/mol. The molecule has 0 fully saturated rings. The molecule has 2 aromatic carbocycles. The Balaban J connectivity index is 2.01. The number of carbonyl (C=O) groups is 1. The summed E-state index contributed by atoms with van der Waals surface area (Å²) in [5.41, 5.74) is 1.79. The number of para-hydroxylation sites is 1. The van der Waals surface area contributed by atoms with E-state index in [1.807, 2.05) is 24.3 Å². The second kappa shape index (κ2) is 7.12. The van der Waals surface area contributed by atoms with Crippen LogP contribution in [0, 0.1) is 5.82 Å². The minimum absolute atomic E-state index is 0.326. The maximum atomic E-state index is 13.4. The maximum Gasteiger partial charge on any atom is 0.318 e. The SMILES string of the molecule is COC(=O)[C@@H](C)Sc1nc2c([nH]c3ccccc32)c(=O)n1-c1ccc(F)cc1. The fourth-order valence-corrected chi connectivity index (χ4v) is 3.96. The van der Waals surface area contributed by atoms with Crippen LogP contribution in [0.15, 0.2) is 58.5 Å². The van der Waals surface area contributed by atoms with E-state index in [0.29, 0.717) is 21.9 Å². The van der Waals surface area contributed by atoms with Gasteiger partial charge in [-0.25, -0.2) is 9.37 Å². The molecular formula is C20H16FN3O3S. The highest BCUT2D eigenvalue weighted by atomic mass is 32.2. The molecule has 0 aliphatic carbocycles. The standard InChI is InChI=1S/C20H16FN3O3S/c1-11(19(26)27-2)28-20-23-16-14-5-3-4-6-15(14)22-17(16)18(25)24(20)13-9-7-12(21)8-10-13/h3-11,22H,1-2H3/t11-/m1/s1. The number of hydrogen-bond donors (Lipinski definition) is 1. The van der Waals surface area contributed by atoms with Gasteiger partial charge in [0.2, 0.25) is 0 Å². The van der Waals surface area contributed by atoms with E-state index in [-0.39, 0.29) is 5.56 Å². The number of hydrogen-bond acceptors (Lipinski definition) is 5. The van der Waals surface area contributed by atoms with E-state index < -0.39 is 17.0 Å². The molecule has 0 bridgehead atoms. The van der Waals surface area contributed by atoms with E-state index in [1.165, 1.54) is 35.9 Å². The van der Waals surface area contributed by atoms with Crippen LogP contribution in [-0.4, -0.2) is 32.9 Å². The third kappa shape index (κ3) is 3.05. The average molecular weight is 397 g/mol. The van der Waals surface area contributed by atoms with Crippen LogP contribution < -0.4 is 5.56 Å². The predicted molar refractivity (Wildman–Crippen MR) is 106 cm³/mol. The van der Waals surface area contributed by atoms with Crippen LogP contribution in [0.5, 0.6) is 0 Å². The lowest BCUT2D eigenvalue weighted by molar-refractivity contribution is -0.139. The summed E-state index contributed by atoms with van der Waals surface area (Å²) in [7, 11) is 1.31. The summed E-state index contributed by atoms with van der Waals surface area (Å²) < 4.78 is 19.5. The molecule has 142 valence electrons. The number of carbonyl (C=O) groups excluding carboxylic acids is 1. The highest BCUT2D eigenvalue weighted by molar-refractivity contribution is 8.00. The minimum Gasteiger partial charge on any atom is -0.468 e. The van der Waals surface area contributed by atoms with E-state index in [0.717, 1.165) is 22.7 Å². The van der Waals surface area contributed by atoms with Gasteiger partial charge in [-0.3, -0.25) is 14.2 Å². The van der Waals surface area contributed by atoms with Crippen LogP contribution >= 0.6 is 11.8 Å². The van der Waals surface area contributed by atoms with Crippen molar-refractivity contribution >= 4 is 39.7 Å². The van der Waals surface area contributed by atoms with Crippen molar-refractivity contribution in [3.8, 4) is 5.69 Å². The molecule has 2 heterocycles. The molecule has 0 aliphatic rings. The number of nitrogens with zero attached hydrogens (tertiary/aromatic N) is 2. The third-order valence-electron chi connectivity index (χ3n) is 4.39. The largest absolute Gasteiger partial charge is 0.468 e. The van der Waals surface area contributed by atoms with Crippen LogP contribution in [0.4, 0.5) is 4.39 Å². The number of ether oxygens (including phenoxy) is 1. The Bertz CT molecular complexity index is 1250. The van der Waals surface area contributed by atoms with E-state index in [2.05, 4.69) is 9.97 Å². The van der Waals surface area contributed by atoms with Crippen molar-refractivity contribution in [3.63, 3.8) is 0 Å². The smallest absolute Gasteiger partial charge is 0.318 e. The van der Waals surface area contributed by atoms with Crippen molar-refractivity contribution in [3.05, 3.63) is 64.7 Å². The normalized spacial score (nSPS) is 12.4. The first-order valence-corrected chi connectivity index (χ1v) is 9.41. The van der Waals surface area contributed by atoms with Gasteiger partial charge in [0, 0.05) is 10.9 Å². The first-order valence-electron chi connectivity index (χ1n) is 8.53. The Kier molecular flexibility index (Phi) is 4.64. The Morgan fingerprint density at radius 2 is 1.93 bits per heavy atom. The number of H-pyrrole nitrogens is 1. The summed E-state index contributed by atoms with van der Waals surface area (Å²) in [6, 6.07) is 13.0. The fraction of sp³-hybridized carbons (Fsp3) is 0.150. The molecule has 1 N–H and O–H groups in total. The number of fused-ring (bicyclic) bond motifs is 3. The first kappa shape index (κ1) is 18.2. The van der Waals surface area contributed by atoms with E-state index in [9.17, 15) is 14.0 Å².